The first-order valence-corrected chi connectivity index (χ1v) is 4.89. The molecule has 0 saturated heterocycles. The summed E-state index contributed by atoms with van der Waals surface area (Å²) in [5, 5.41) is 2.16. The molecule has 0 amide bonds. The van der Waals surface area contributed by atoms with Gasteiger partial charge in [0.05, 0.1) is 7.11 Å². The smallest absolute Gasteiger partial charge is 0.221 e. The number of aromatic nitrogens is 1. The van der Waals surface area contributed by atoms with Crippen molar-refractivity contribution in [3.63, 3.8) is 0 Å². The van der Waals surface area contributed by atoms with Crippen LogP contribution in [0.1, 0.15) is 11.3 Å². The topological polar surface area (TPSA) is 48.1 Å². The number of ether oxygens (including phenoxy) is 1. The Morgan fingerprint density at radius 3 is 2.80 bits per heavy atom. The molecule has 2 aromatic rings. The maximum absolute atomic E-state index is 5.60. The summed E-state index contributed by atoms with van der Waals surface area (Å²) in [4.78, 5) is 4.32. The molecule has 0 saturated carbocycles. The zero-order valence-corrected chi connectivity index (χ0v) is 8.95. The van der Waals surface area contributed by atoms with Gasteiger partial charge < -0.3 is 10.5 Å². The Morgan fingerprint density at radius 1 is 1.33 bits per heavy atom. The number of nitrogens with two attached hydrogens (primary N) is 1. The monoisotopic (exact) mass is 202 g/mol. The van der Waals surface area contributed by atoms with Crippen LogP contribution in [0.25, 0.3) is 10.8 Å². The molecule has 3 heteroatoms. The van der Waals surface area contributed by atoms with Gasteiger partial charge in [0, 0.05) is 17.6 Å². The molecule has 15 heavy (non-hydrogen) atoms. The first-order valence-electron chi connectivity index (χ1n) is 4.89. The van der Waals surface area contributed by atoms with E-state index in [2.05, 4.69) is 11.1 Å². The van der Waals surface area contributed by atoms with Crippen molar-refractivity contribution in [3.05, 3.63) is 35.5 Å². The third-order valence-corrected chi connectivity index (χ3v) is 2.42. The van der Waals surface area contributed by atoms with Crippen molar-refractivity contribution < 1.29 is 4.74 Å². The van der Waals surface area contributed by atoms with Crippen LogP contribution in [0.3, 0.4) is 0 Å². The van der Waals surface area contributed by atoms with Gasteiger partial charge in [-0.3, -0.25) is 0 Å². The molecular formula is C12H14N2O. The van der Waals surface area contributed by atoms with E-state index in [1.54, 1.807) is 7.11 Å². The van der Waals surface area contributed by atoms with Crippen LogP contribution in [-0.4, -0.2) is 12.1 Å². The van der Waals surface area contributed by atoms with Gasteiger partial charge >= 0.3 is 0 Å². The molecule has 0 aliphatic carbocycles. The zero-order chi connectivity index (χ0) is 10.8. The van der Waals surface area contributed by atoms with Gasteiger partial charge in [0.15, 0.2) is 0 Å². The minimum absolute atomic E-state index is 0.555. The second-order valence-corrected chi connectivity index (χ2v) is 3.53. The summed E-state index contributed by atoms with van der Waals surface area (Å²) in [6.45, 7) is 2.51. The molecule has 0 aliphatic heterocycles. The largest absolute Gasteiger partial charge is 0.481 e. The molecule has 1 heterocycles. The average molecular weight is 202 g/mol. The van der Waals surface area contributed by atoms with Crippen LogP contribution in [0.5, 0.6) is 5.88 Å². The van der Waals surface area contributed by atoms with Crippen molar-refractivity contribution in [1.82, 2.24) is 4.98 Å². The number of methoxy groups -OCH3 is 1. The lowest BCUT2D eigenvalue weighted by molar-refractivity contribution is 0.402. The number of nitrogens with zero attached hydrogens (tertiary/aromatic N) is 1. The molecule has 0 atom stereocenters. The fourth-order valence-electron chi connectivity index (χ4n) is 1.69. The van der Waals surface area contributed by atoms with E-state index in [1.807, 2.05) is 25.1 Å². The molecule has 3 nitrogen and oxygen atoms in total. The highest BCUT2D eigenvalue weighted by Gasteiger charge is 2.04. The van der Waals surface area contributed by atoms with Crippen LogP contribution >= 0.6 is 0 Å². The molecule has 0 aliphatic rings. The maximum atomic E-state index is 5.60. The number of benzene rings is 1. The Bertz CT molecular complexity index is 494. The van der Waals surface area contributed by atoms with E-state index in [4.69, 9.17) is 10.5 Å². The van der Waals surface area contributed by atoms with Crippen molar-refractivity contribution in [2.24, 2.45) is 5.73 Å². The van der Waals surface area contributed by atoms with Gasteiger partial charge in [0.2, 0.25) is 5.88 Å². The highest BCUT2D eigenvalue weighted by Crippen LogP contribution is 2.25. The van der Waals surface area contributed by atoms with Crippen LogP contribution in [-0.2, 0) is 6.54 Å². The molecule has 1 aromatic carbocycles. The fraction of sp³-hybridized carbons (Fsp3) is 0.250. The summed E-state index contributed by atoms with van der Waals surface area (Å²) >= 11 is 0. The van der Waals surface area contributed by atoms with Crippen molar-refractivity contribution in [3.8, 4) is 5.88 Å². The van der Waals surface area contributed by atoms with Crippen LogP contribution < -0.4 is 10.5 Å². The van der Waals surface area contributed by atoms with E-state index in [9.17, 15) is 0 Å². The van der Waals surface area contributed by atoms with E-state index in [-0.39, 0.29) is 0 Å². The number of pyridine rings is 1. The Kier molecular flexibility index (Phi) is 2.56. The standard InChI is InChI=1S/C12H14N2O/c1-8-5-10-6-9(7-13)3-4-11(10)12(14-8)15-2/h3-6H,7,13H2,1-2H3. The number of rotatable bonds is 2. The van der Waals surface area contributed by atoms with Crippen molar-refractivity contribution in [1.29, 1.82) is 0 Å². The van der Waals surface area contributed by atoms with Gasteiger partial charge in [-0.15, -0.1) is 0 Å². The molecule has 0 spiro atoms. The van der Waals surface area contributed by atoms with Crippen molar-refractivity contribution in [2.45, 2.75) is 13.5 Å². The summed E-state index contributed by atoms with van der Waals surface area (Å²) in [5.41, 5.74) is 7.68. The second-order valence-electron chi connectivity index (χ2n) is 3.53. The van der Waals surface area contributed by atoms with Crippen LogP contribution in [0, 0.1) is 6.92 Å². The van der Waals surface area contributed by atoms with E-state index in [0.29, 0.717) is 12.4 Å². The molecule has 0 unspecified atom stereocenters. The number of aryl methyl sites for hydroxylation is 1. The highest BCUT2D eigenvalue weighted by atomic mass is 16.5. The van der Waals surface area contributed by atoms with Gasteiger partial charge in [-0.2, -0.15) is 0 Å². The minimum Gasteiger partial charge on any atom is -0.481 e. The summed E-state index contributed by atoms with van der Waals surface area (Å²) in [7, 11) is 1.64. The van der Waals surface area contributed by atoms with Gasteiger partial charge in [0.25, 0.3) is 0 Å². The van der Waals surface area contributed by atoms with E-state index in [0.717, 1.165) is 22.0 Å². The van der Waals surface area contributed by atoms with Gasteiger partial charge in [0.1, 0.15) is 0 Å². The van der Waals surface area contributed by atoms with Gasteiger partial charge in [-0.25, -0.2) is 4.98 Å². The SMILES string of the molecule is COc1nc(C)cc2cc(CN)ccc12. The molecule has 2 N–H and O–H groups in total. The predicted octanol–water partition coefficient (Wildman–Crippen LogP) is 2.01. The normalized spacial score (nSPS) is 10.6. The number of hydrogen-bond donors (Lipinski definition) is 1. The maximum Gasteiger partial charge on any atom is 0.221 e. The Balaban J connectivity index is 2.72. The summed E-state index contributed by atoms with van der Waals surface area (Å²) in [5.74, 6) is 0.675. The van der Waals surface area contributed by atoms with E-state index in [1.165, 1.54) is 0 Å². The van der Waals surface area contributed by atoms with Crippen LogP contribution in [0.2, 0.25) is 0 Å². The third kappa shape index (κ3) is 1.78. The first kappa shape index (κ1) is 9.93. The lowest BCUT2D eigenvalue weighted by Gasteiger charge is -2.07. The molecule has 78 valence electrons. The number of fused-ring (bicyclic) bond motifs is 1. The molecule has 0 bridgehead atoms. The lowest BCUT2D eigenvalue weighted by atomic mass is 10.1. The Labute approximate surface area is 88.9 Å². The molecule has 1 aromatic heterocycles. The van der Waals surface area contributed by atoms with E-state index >= 15 is 0 Å². The predicted molar refractivity (Wildman–Crippen MR) is 60.9 cm³/mol. The van der Waals surface area contributed by atoms with Crippen molar-refractivity contribution in [2.75, 3.05) is 7.11 Å². The van der Waals surface area contributed by atoms with Crippen LogP contribution in [0.4, 0.5) is 0 Å². The summed E-state index contributed by atoms with van der Waals surface area (Å²) in [6, 6.07) is 8.12. The van der Waals surface area contributed by atoms with Gasteiger partial charge in [-0.05, 0) is 36.1 Å². The van der Waals surface area contributed by atoms with Gasteiger partial charge in [-0.1, -0.05) is 6.07 Å². The number of hydrogen-bond acceptors (Lipinski definition) is 3. The first-order chi connectivity index (χ1) is 7.24. The Hall–Kier alpha value is -1.61. The highest BCUT2D eigenvalue weighted by molar-refractivity contribution is 5.87. The lowest BCUT2D eigenvalue weighted by Crippen LogP contribution is -1.97. The fourth-order valence-corrected chi connectivity index (χ4v) is 1.69. The van der Waals surface area contributed by atoms with Crippen LogP contribution in [0.15, 0.2) is 24.3 Å². The molecular weight excluding hydrogens is 188 g/mol. The summed E-state index contributed by atoms with van der Waals surface area (Å²) in [6.07, 6.45) is 0. The second kappa shape index (κ2) is 3.87. The average Bonchev–Trinajstić information content (AvgIpc) is 2.26. The quantitative estimate of drug-likeness (QED) is 0.810. The van der Waals surface area contributed by atoms with Crippen molar-refractivity contribution >= 4 is 10.8 Å². The Morgan fingerprint density at radius 2 is 2.13 bits per heavy atom. The minimum atomic E-state index is 0.555. The third-order valence-electron chi connectivity index (χ3n) is 2.42. The molecule has 0 radical (unpaired) electrons. The summed E-state index contributed by atoms with van der Waals surface area (Å²) < 4.78 is 5.24. The van der Waals surface area contributed by atoms with E-state index < -0.39 is 0 Å². The zero-order valence-electron chi connectivity index (χ0n) is 8.95. The molecule has 2 rings (SSSR count). The molecule has 0 fully saturated rings.